The summed E-state index contributed by atoms with van der Waals surface area (Å²) in [4.78, 5) is 0.190. The number of hydrogen-bond acceptors (Lipinski definition) is 4. The number of aryl methyl sites for hydroxylation is 1. The van der Waals surface area contributed by atoms with Crippen molar-refractivity contribution >= 4 is 10.0 Å². The van der Waals surface area contributed by atoms with E-state index in [-0.39, 0.29) is 10.9 Å². The van der Waals surface area contributed by atoms with E-state index in [4.69, 9.17) is 4.42 Å². The second-order valence-electron chi connectivity index (χ2n) is 4.92. The van der Waals surface area contributed by atoms with Gasteiger partial charge in [0.1, 0.15) is 16.4 Å². The third-order valence-electron chi connectivity index (χ3n) is 3.20. The highest BCUT2D eigenvalue weighted by molar-refractivity contribution is 7.89. The van der Waals surface area contributed by atoms with Crippen LogP contribution in [-0.4, -0.2) is 15.5 Å². The van der Waals surface area contributed by atoms with Crippen molar-refractivity contribution in [2.24, 2.45) is 0 Å². The highest BCUT2D eigenvalue weighted by Gasteiger charge is 2.23. The van der Waals surface area contributed by atoms with Crippen LogP contribution >= 0.6 is 0 Å². The van der Waals surface area contributed by atoms with Gasteiger partial charge in [0.25, 0.3) is 0 Å². The fourth-order valence-electron chi connectivity index (χ4n) is 2.16. The molecule has 0 aliphatic carbocycles. The van der Waals surface area contributed by atoms with Crippen molar-refractivity contribution in [1.29, 1.82) is 0 Å². The molecule has 0 aliphatic rings. The van der Waals surface area contributed by atoms with Crippen molar-refractivity contribution < 1.29 is 12.8 Å². The first-order valence-corrected chi connectivity index (χ1v) is 8.23. The molecule has 0 amide bonds. The van der Waals surface area contributed by atoms with Gasteiger partial charge in [0.2, 0.25) is 10.0 Å². The van der Waals surface area contributed by atoms with E-state index >= 15 is 0 Å². The zero-order chi connectivity index (χ0) is 15.5. The van der Waals surface area contributed by atoms with Crippen molar-refractivity contribution in [3.05, 3.63) is 53.5 Å². The lowest BCUT2D eigenvalue weighted by Crippen LogP contribution is -2.27. The molecule has 0 radical (unpaired) electrons. The molecule has 0 spiro atoms. The Morgan fingerprint density at radius 2 is 1.90 bits per heavy atom. The van der Waals surface area contributed by atoms with Crippen LogP contribution in [0.3, 0.4) is 0 Å². The Bertz CT molecular complexity index is 693. The average Bonchev–Trinajstić information content (AvgIpc) is 2.81. The summed E-state index contributed by atoms with van der Waals surface area (Å²) in [6, 6.07) is 10.7. The summed E-state index contributed by atoms with van der Waals surface area (Å²) in [6.07, 6.45) is 0. The Kier molecular flexibility index (Phi) is 4.82. The maximum absolute atomic E-state index is 12.5. The number of rotatable bonds is 6. The van der Waals surface area contributed by atoms with Crippen LogP contribution in [0.2, 0.25) is 0 Å². The third kappa shape index (κ3) is 3.72. The molecule has 21 heavy (non-hydrogen) atoms. The predicted octanol–water partition coefficient (Wildman–Crippen LogP) is 2.35. The molecule has 2 N–H and O–H groups in total. The number of sulfonamides is 1. The van der Waals surface area contributed by atoms with E-state index in [0.717, 1.165) is 5.56 Å². The van der Waals surface area contributed by atoms with Crippen LogP contribution in [-0.2, 0) is 16.6 Å². The molecule has 1 heterocycles. The first kappa shape index (κ1) is 15.8. The van der Waals surface area contributed by atoms with Crippen LogP contribution < -0.4 is 10.0 Å². The highest BCUT2D eigenvalue weighted by Crippen LogP contribution is 2.22. The van der Waals surface area contributed by atoms with Crippen molar-refractivity contribution in [2.45, 2.75) is 31.3 Å². The molecule has 1 aromatic carbocycles. The van der Waals surface area contributed by atoms with Gasteiger partial charge in [0, 0.05) is 12.1 Å². The Balaban J connectivity index is 2.22. The molecule has 0 saturated carbocycles. The van der Waals surface area contributed by atoms with Crippen LogP contribution in [0.5, 0.6) is 0 Å². The first-order valence-electron chi connectivity index (χ1n) is 6.75. The van der Waals surface area contributed by atoms with Gasteiger partial charge in [-0.25, -0.2) is 13.1 Å². The zero-order valence-electron chi connectivity index (χ0n) is 12.4. The normalized spacial score (nSPS) is 13.3. The number of benzene rings is 1. The zero-order valence-corrected chi connectivity index (χ0v) is 13.2. The lowest BCUT2D eigenvalue weighted by Gasteiger charge is -2.14. The molecular formula is C15H20N2O3S. The molecular weight excluding hydrogens is 288 g/mol. The third-order valence-corrected chi connectivity index (χ3v) is 4.84. The molecule has 0 saturated heterocycles. The maximum Gasteiger partial charge on any atom is 0.244 e. The summed E-state index contributed by atoms with van der Waals surface area (Å²) in [6.45, 7) is 3.96. The molecule has 2 rings (SSSR count). The van der Waals surface area contributed by atoms with Gasteiger partial charge in [-0.3, -0.25) is 0 Å². The second-order valence-corrected chi connectivity index (χ2v) is 6.60. The van der Waals surface area contributed by atoms with Crippen molar-refractivity contribution in [3.8, 4) is 0 Å². The van der Waals surface area contributed by atoms with Crippen molar-refractivity contribution in [2.75, 3.05) is 7.05 Å². The van der Waals surface area contributed by atoms with Crippen LogP contribution in [0.1, 0.15) is 30.0 Å². The van der Waals surface area contributed by atoms with E-state index in [1.165, 1.54) is 0 Å². The average molecular weight is 308 g/mol. The Morgan fingerprint density at radius 1 is 1.24 bits per heavy atom. The SMILES string of the molecule is CNCc1cc(S(=O)(=O)NC(C)c2ccccc2)c(C)o1. The minimum absolute atomic E-state index is 0.190. The second kappa shape index (κ2) is 6.43. The van der Waals surface area contributed by atoms with E-state index in [9.17, 15) is 8.42 Å². The van der Waals surface area contributed by atoms with E-state index in [1.807, 2.05) is 37.3 Å². The number of nitrogens with one attached hydrogen (secondary N) is 2. The summed E-state index contributed by atoms with van der Waals surface area (Å²) < 4.78 is 33.0. The Morgan fingerprint density at radius 3 is 2.52 bits per heavy atom. The van der Waals surface area contributed by atoms with Crippen molar-refractivity contribution in [1.82, 2.24) is 10.0 Å². The van der Waals surface area contributed by atoms with Gasteiger partial charge < -0.3 is 9.73 Å². The van der Waals surface area contributed by atoms with E-state index < -0.39 is 10.0 Å². The topological polar surface area (TPSA) is 71.3 Å². The van der Waals surface area contributed by atoms with E-state index in [2.05, 4.69) is 10.0 Å². The Labute approximate surface area is 125 Å². The minimum atomic E-state index is -3.61. The quantitative estimate of drug-likeness (QED) is 0.859. The Hall–Kier alpha value is -1.63. The van der Waals surface area contributed by atoms with Crippen LogP contribution in [0.25, 0.3) is 0 Å². The van der Waals surface area contributed by atoms with Gasteiger partial charge in [-0.05, 0) is 26.5 Å². The maximum atomic E-state index is 12.5. The molecule has 1 atom stereocenters. The monoisotopic (exact) mass is 308 g/mol. The fraction of sp³-hybridized carbons (Fsp3) is 0.333. The number of furan rings is 1. The van der Waals surface area contributed by atoms with Gasteiger partial charge in [-0.15, -0.1) is 0 Å². The smallest absolute Gasteiger partial charge is 0.244 e. The van der Waals surface area contributed by atoms with Crippen LogP contribution in [0.15, 0.2) is 45.7 Å². The predicted molar refractivity (Wildman–Crippen MR) is 81.4 cm³/mol. The summed E-state index contributed by atoms with van der Waals surface area (Å²) in [5.41, 5.74) is 0.915. The highest BCUT2D eigenvalue weighted by atomic mass is 32.2. The molecule has 2 aromatic rings. The summed E-state index contributed by atoms with van der Waals surface area (Å²) in [5.74, 6) is 0.996. The first-order chi connectivity index (χ1) is 9.94. The van der Waals surface area contributed by atoms with Crippen molar-refractivity contribution in [3.63, 3.8) is 0 Å². The standard InChI is InChI=1S/C15H20N2O3S/c1-11(13-7-5-4-6-8-13)17-21(18,19)15-9-14(10-16-3)20-12(15)2/h4-9,11,16-17H,10H2,1-3H3. The molecule has 114 valence electrons. The largest absolute Gasteiger partial charge is 0.464 e. The molecule has 1 unspecified atom stereocenters. The van der Waals surface area contributed by atoms with E-state index in [0.29, 0.717) is 18.1 Å². The van der Waals surface area contributed by atoms with Gasteiger partial charge in [0.05, 0.1) is 6.54 Å². The summed E-state index contributed by atoms with van der Waals surface area (Å²) >= 11 is 0. The molecule has 0 aliphatic heterocycles. The lowest BCUT2D eigenvalue weighted by molar-refractivity contribution is 0.465. The van der Waals surface area contributed by atoms with Gasteiger partial charge in [-0.2, -0.15) is 0 Å². The summed E-state index contributed by atoms with van der Waals surface area (Å²) in [7, 11) is -1.83. The van der Waals surface area contributed by atoms with Gasteiger partial charge in [-0.1, -0.05) is 30.3 Å². The lowest BCUT2D eigenvalue weighted by atomic mass is 10.1. The number of hydrogen-bond donors (Lipinski definition) is 2. The summed E-state index contributed by atoms with van der Waals surface area (Å²) in [5, 5.41) is 2.93. The fourth-order valence-corrected chi connectivity index (χ4v) is 3.59. The van der Waals surface area contributed by atoms with Gasteiger partial charge in [0.15, 0.2) is 0 Å². The minimum Gasteiger partial charge on any atom is -0.464 e. The molecule has 5 nitrogen and oxygen atoms in total. The van der Waals surface area contributed by atoms with E-state index in [1.54, 1.807) is 20.0 Å². The van der Waals surface area contributed by atoms with Gasteiger partial charge >= 0.3 is 0 Å². The van der Waals surface area contributed by atoms with Crippen LogP contribution in [0, 0.1) is 6.92 Å². The van der Waals surface area contributed by atoms with Crippen LogP contribution in [0.4, 0.5) is 0 Å². The molecule has 6 heteroatoms. The molecule has 0 fully saturated rings. The molecule has 1 aromatic heterocycles. The molecule has 0 bridgehead atoms.